The first-order chi connectivity index (χ1) is 15.5. The molecule has 0 radical (unpaired) electrons. The van der Waals surface area contributed by atoms with E-state index in [0.717, 1.165) is 22.4 Å². The molecule has 0 unspecified atom stereocenters. The summed E-state index contributed by atoms with van der Waals surface area (Å²) in [7, 11) is 0. The molecule has 3 aromatic heterocycles. The largest absolute Gasteiger partial charge is 0.471 e. The van der Waals surface area contributed by atoms with Crippen LogP contribution in [0.1, 0.15) is 28.3 Å². The van der Waals surface area contributed by atoms with E-state index in [-0.39, 0.29) is 0 Å². The van der Waals surface area contributed by atoms with Crippen molar-refractivity contribution in [2.75, 3.05) is 5.73 Å². The Morgan fingerprint density at radius 3 is 2.62 bits per heavy atom. The molecular formula is C23H20ClFN6O. The van der Waals surface area contributed by atoms with Gasteiger partial charge in [-0.2, -0.15) is 0 Å². The van der Waals surface area contributed by atoms with Gasteiger partial charge in [0.1, 0.15) is 18.8 Å². The fourth-order valence-electron chi connectivity index (χ4n) is 3.27. The second kappa shape index (κ2) is 9.57. The maximum atomic E-state index is 13.2. The van der Waals surface area contributed by atoms with Crippen molar-refractivity contribution in [3.8, 4) is 0 Å². The van der Waals surface area contributed by atoms with Gasteiger partial charge in [0, 0.05) is 28.7 Å². The van der Waals surface area contributed by atoms with E-state index in [1.54, 1.807) is 53.6 Å². The third kappa shape index (κ3) is 4.76. The fraction of sp³-hybridized carbons (Fsp3) is 0.130. The Hall–Kier alpha value is -3.78. The molecule has 9 heteroatoms. The van der Waals surface area contributed by atoms with E-state index in [4.69, 9.17) is 22.1 Å². The Labute approximate surface area is 189 Å². The summed E-state index contributed by atoms with van der Waals surface area (Å²) < 4.78 is 21.0. The highest BCUT2D eigenvalue weighted by atomic mass is 35.5. The first-order valence-electron chi connectivity index (χ1n) is 9.75. The smallest absolute Gasteiger partial charge is 0.170 e. The molecule has 1 aromatic carbocycles. The average molecular weight is 451 g/mol. The quantitative estimate of drug-likeness (QED) is 0.487. The molecule has 4 aromatic rings. The maximum Gasteiger partial charge on any atom is 0.170 e. The topological polar surface area (TPSA) is 91.7 Å². The zero-order valence-corrected chi connectivity index (χ0v) is 18.0. The molecule has 0 spiro atoms. The number of anilines is 1. The van der Waals surface area contributed by atoms with Crippen molar-refractivity contribution >= 4 is 28.6 Å². The summed E-state index contributed by atoms with van der Waals surface area (Å²) in [5.74, 6) is 1.33. The third-order valence-electron chi connectivity index (χ3n) is 4.64. The molecule has 1 aliphatic heterocycles. The molecule has 0 fully saturated rings. The second-order valence-electron chi connectivity index (χ2n) is 7.02. The molecule has 0 amide bonds. The molecule has 0 saturated carbocycles. The van der Waals surface area contributed by atoms with Crippen molar-refractivity contribution in [1.82, 2.24) is 24.7 Å². The molecule has 5 rings (SSSR count). The SMILES string of the molecule is Cc1cc(C2=C(c3ccc(Cl)cc3)OCn3cnnc32)cc(CF)n1.Nc1cccnc1. The van der Waals surface area contributed by atoms with Crippen molar-refractivity contribution in [2.45, 2.75) is 20.3 Å². The number of ether oxygens (including phenoxy) is 1. The highest BCUT2D eigenvalue weighted by Gasteiger charge is 2.25. The molecule has 162 valence electrons. The number of nitrogens with zero attached hydrogens (tertiary/aromatic N) is 5. The van der Waals surface area contributed by atoms with Crippen molar-refractivity contribution < 1.29 is 9.13 Å². The highest BCUT2D eigenvalue weighted by Crippen LogP contribution is 2.36. The van der Waals surface area contributed by atoms with Gasteiger partial charge in [0.25, 0.3) is 0 Å². The van der Waals surface area contributed by atoms with Gasteiger partial charge in [0.15, 0.2) is 12.6 Å². The van der Waals surface area contributed by atoms with Crippen molar-refractivity contribution in [2.24, 2.45) is 0 Å². The highest BCUT2D eigenvalue weighted by molar-refractivity contribution is 6.30. The number of nitrogen functional groups attached to an aromatic ring is 1. The van der Waals surface area contributed by atoms with E-state index in [2.05, 4.69) is 20.2 Å². The maximum absolute atomic E-state index is 13.2. The van der Waals surface area contributed by atoms with Crippen LogP contribution in [0.4, 0.5) is 10.1 Å². The van der Waals surface area contributed by atoms with Crippen LogP contribution in [0.5, 0.6) is 0 Å². The van der Waals surface area contributed by atoms with Gasteiger partial charge in [0.2, 0.25) is 0 Å². The lowest BCUT2D eigenvalue weighted by Gasteiger charge is -2.23. The van der Waals surface area contributed by atoms with Gasteiger partial charge >= 0.3 is 0 Å². The van der Waals surface area contributed by atoms with Gasteiger partial charge in [-0.05, 0) is 61.0 Å². The van der Waals surface area contributed by atoms with Crippen molar-refractivity contribution in [1.29, 1.82) is 0 Å². The van der Waals surface area contributed by atoms with Crippen LogP contribution in [0.2, 0.25) is 5.02 Å². The third-order valence-corrected chi connectivity index (χ3v) is 4.89. The van der Waals surface area contributed by atoms with E-state index in [0.29, 0.717) is 34.7 Å². The Morgan fingerprint density at radius 1 is 1.16 bits per heavy atom. The zero-order valence-electron chi connectivity index (χ0n) is 17.2. The Morgan fingerprint density at radius 2 is 1.97 bits per heavy atom. The van der Waals surface area contributed by atoms with Crippen LogP contribution in [0.3, 0.4) is 0 Å². The standard InChI is InChI=1S/C18H14ClFN4O.C5H6N2/c1-11-6-13(7-15(8-20)22-11)16-17(12-2-4-14(19)5-3-12)25-10-24-9-21-23-18(16)24;6-5-2-1-3-7-4-5/h2-7,9H,8,10H2,1H3;1-4H,6H2. The molecule has 0 saturated heterocycles. The number of nitrogens with two attached hydrogens (primary N) is 1. The summed E-state index contributed by atoms with van der Waals surface area (Å²) in [5, 5.41) is 8.85. The minimum Gasteiger partial charge on any atom is -0.471 e. The van der Waals surface area contributed by atoms with Gasteiger partial charge in [-0.15, -0.1) is 10.2 Å². The summed E-state index contributed by atoms with van der Waals surface area (Å²) in [6, 6.07) is 14.6. The monoisotopic (exact) mass is 450 g/mol. The van der Waals surface area contributed by atoms with E-state index in [1.165, 1.54) is 0 Å². The van der Waals surface area contributed by atoms with Crippen LogP contribution >= 0.6 is 11.6 Å². The number of alkyl halides is 1. The van der Waals surface area contributed by atoms with Gasteiger partial charge < -0.3 is 10.5 Å². The minimum atomic E-state index is -0.633. The summed E-state index contributed by atoms with van der Waals surface area (Å²) >= 11 is 5.99. The molecule has 0 atom stereocenters. The fourth-order valence-corrected chi connectivity index (χ4v) is 3.39. The Bertz CT molecular complexity index is 1240. The lowest BCUT2D eigenvalue weighted by Crippen LogP contribution is -2.14. The first-order valence-corrected chi connectivity index (χ1v) is 10.1. The number of aromatic nitrogens is 5. The number of hydrogen-bond acceptors (Lipinski definition) is 6. The van der Waals surface area contributed by atoms with Crippen LogP contribution in [0, 0.1) is 6.92 Å². The lowest BCUT2D eigenvalue weighted by molar-refractivity contribution is 0.191. The predicted molar refractivity (Wildman–Crippen MR) is 121 cm³/mol. The van der Waals surface area contributed by atoms with Gasteiger partial charge in [-0.3, -0.25) is 14.5 Å². The van der Waals surface area contributed by atoms with Gasteiger partial charge in [-0.1, -0.05) is 11.6 Å². The zero-order chi connectivity index (χ0) is 22.5. The van der Waals surface area contributed by atoms with E-state index in [1.807, 2.05) is 25.1 Å². The van der Waals surface area contributed by atoms with Crippen LogP contribution in [-0.2, 0) is 18.1 Å². The van der Waals surface area contributed by atoms with Crippen LogP contribution in [-0.4, -0.2) is 24.7 Å². The number of aryl methyl sites for hydroxylation is 1. The van der Waals surface area contributed by atoms with Crippen LogP contribution < -0.4 is 5.73 Å². The molecule has 4 heterocycles. The van der Waals surface area contributed by atoms with Crippen molar-refractivity contribution in [3.05, 3.63) is 101 Å². The summed E-state index contributed by atoms with van der Waals surface area (Å²) in [6.07, 6.45) is 4.91. The van der Waals surface area contributed by atoms with E-state index < -0.39 is 6.67 Å². The molecule has 32 heavy (non-hydrogen) atoms. The predicted octanol–water partition coefficient (Wildman–Crippen LogP) is 4.67. The lowest BCUT2D eigenvalue weighted by atomic mass is 9.98. The normalized spacial score (nSPS) is 12.5. The summed E-state index contributed by atoms with van der Waals surface area (Å²) in [5.41, 5.74) is 9.51. The molecule has 2 N–H and O–H groups in total. The van der Waals surface area contributed by atoms with E-state index >= 15 is 0 Å². The number of benzene rings is 1. The van der Waals surface area contributed by atoms with Crippen molar-refractivity contribution in [3.63, 3.8) is 0 Å². The Kier molecular flexibility index (Phi) is 6.42. The number of halogens is 2. The van der Waals surface area contributed by atoms with Crippen LogP contribution in [0.15, 0.2) is 67.3 Å². The molecule has 1 aliphatic rings. The number of pyridine rings is 2. The molecule has 7 nitrogen and oxygen atoms in total. The minimum absolute atomic E-state index is 0.309. The van der Waals surface area contributed by atoms with Gasteiger partial charge in [-0.25, -0.2) is 4.39 Å². The molecule has 0 aliphatic carbocycles. The average Bonchev–Trinajstić information content (AvgIpc) is 3.28. The summed E-state index contributed by atoms with van der Waals surface area (Å²) in [6.45, 7) is 1.51. The second-order valence-corrected chi connectivity index (χ2v) is 7.45. The number of hydrogen-bond donors (Lipinski definition) is 1. The summed E-state index contributed by atoms with van der Waals surface area (Å²) in [4.78, 5) is 7.96. The first kappa shape index (κ1) is 21.5. The van der Waals surface area contributed by atoms with Crippen LogP contribution in [0.25, 0.3) is 11.3 Å². The number of rotatable bonds is 3. The molecule has 0 bridgehead atoms. The molecular weight excluding hydrogens is 431 g/mol. The number of fused-ring (bicyclic) bond motifs is 1. The van der Waals surface area contributed by atoms with Gasteiger partial charge in [0.05, 0.1) is 17.0 Å². The Balaban J connectivity index is 0.000000300. The van der Waals surface area contributed by atoms with E-state index in [9.17, 15) is 4.39 Å².